The molecule has 31 heavy (non-hydrogen) atoms. The molecule has 0 aliphatic carbocycles. The lowest BCUT2D eigenvalue weighted by Gasteiger charge is -2.26. The smallest absolute Gasteiger partial charge is 0.255 e. The van der Waals surface area contributed by atoms with Gasteiger partial charge in [0.15, 0.2) is 0 Å². The van der Waals surface area contributed by atoms with E-state index in [-0.39, 0.29) is 16.4 Å². The highest BCUT2D eigenvalue weighted by Crippen LogP contribution is 2.25. The summed E-state index contributed by atoms with van der Waals surface area (Å²) in [6.45, 7) is 1.73. The molecule has 0 bridgehead atoms. The Morgan fingerprint density at radius 1 is 1.23 bits per heavy atom. The second kappa shape index (κ2) is 11.2. The van der Waals surface area contributed by atoms with Crippen LogP contribution in [0.3, 0.4) is 0 Å². The van der Waals surface area contributed by atoms with E-state index < -0.39 is 10.0 Å². The number of thioether (sulfide) groups is 1. The SMILES string of the molecule is COc1ccc(S(=O)(=O)N2CCOCC2)cc1C(=O)NCCSCc1cccc(Cl)c1. The Balaban J connectivity index is 1.61. The molecule has 1 aliphatic heterocycles. The van der Waals surface area contributed by atoms with Gasteiger partial charge in [-0.05, 0) is 35.9 Å². The van der Waals surface area contributed by atoms with E-state index >= 15 is 0 Å². The first-order chi connectivity index (χ1) is 14.9. The van der Waals surface area contributed by atoms with Gasteiger partial charge in [-0.2, -0.15) is 16.1 Å². The third-order valence-corrected chi connectivity index (χ3v) is 7.87. The number of benzene rings is 2. The van der Waals surface area contributed by atoms with Gasteiger partial charge >= 0.3 is 0 Å². The molecule has 0 radical (unpaired) electrons. The molecule has 1 fully saturated rings. The van der Waals surface area contributed by atoms with Gasteiger partial charge in [0.05, 0.1) is 30.8 Å². The van der Waals surface area contributed by atoms with Gasteiger partial charge in [-0.1, -0.05) is 23.7 Å². The number of carbonyl (C=O) groups excluding carboxylic acids is 1. The summed E-state index contributed by atoms with van der Waals surface area (Å²) in [5.41, 5.74) is 1.31. The van der Waals surface area contributed by atoms with Crippen molar-refractivity contribution < 1.29 is 22.7 Å². The van der Waals surface area contributed by atoms with E-state index in [4.69, 9.17) is 21.1 Å². The summed E-state index contributed by atoms with van der Waals surface area (Å²) in [6, 6.07) is 12.0. The third-order valence-electron chi connectivity index (χ3n) is 4.71. The largest absolute Gasteiger partial charge is 0.496 e. The summed E-state index contributed by atoms with van der Waals surface area (Å²) in [7, 11) is -2.26. The number of amides is 1. The number of methoxy groups -OCH3 is 1. The minimum atomic E-state index is -3.70. The van der Waals surface area contributed by atoms with Crippen molar-refractivity contribution in [2.75, 3.05) is 45.7 Å². The van der Waals surface area contributed by atoms with Crippen molar-refractivity contribution in [2.24, 2.45) is 0 Å². The lowest BCUT2D eigenvalue weighted by atomic mass is 10.2. The molecular formula is C21H25ClN2O5S2. The molecule has 1 saturated heterocycles. The minimum Gasteiger partial charge on any atom is -0.496 e. The molecule has 0 saturated carbocycles. The van der Waals surface area contributed by atoms with E-state index in [1.54, 1.807) is 11.8 Å². The van der Waals surface area contributed by atoms with Gasteiger partial charge in [-0.25, -0.2) is 8.42 Å². The molecule has 10 heteroatoms. The molecule has 1 N–H and O–H groups in total. The predicted molar refractivity (Wildman–Crippen MR) is 123 cm³/mol. The molecule has 3 rings (SSSR count). The van der Waals surface area contributed by atoms with Crippen LogP contribution in [-0.2, 0) is 20.5 Å². The van der Waals surface area contributed by atoms with E-state index in [9.17, 15) is 13.2 Å². The fourth-order valence-corrected chi connectivity index (χ4v) is 5.56. The maximum absolute atomic E-state index is 12.9. The van der Waals surface area contributed by atoms with Crippen LogP contribution in [0.5, 0.6) is 5.75 Å². The topological polar surface area (TPSA) is 84.9 Å². The van der Waals surface area contributed by atoms with Crippen molar-refractivity contribution >= 4 is 39.3 Å². The van der Waals surface area contributed by atoms with Crippen LogP contribution in [0.1, 0.15) is 15.9 Å². The Kier molecular flexibility index (Phi) is 8.62. The average molecular weight is 485 g/mol. The van der Waals surface area contributed by atoms with Crippen molar-refractivity contribution in [2.45, 2.75) is 10.6 Å². The molecular weight excluding hydrogens is 460 g/mol. The van der Waals surface area contributed by atoms with Crippen LogP contribution >= 0.6 is 23.4 Å². The first-order valence-electron chi connectivity index (χ1n) is 9.78. The zero-order valence-corrected chi connectivity index (χ0v) is 19.6. The Bertz CT molecular complexity index is 1010. The van der Waals surface area contributed by atoms with Crippen LogP contribution in [-0.4, -0.2) is 64.3 Å². The van der Waals surface area contributed by atoms with Gasteiger partial charge in [0.1, 0.15) is 5.75 Å². The number of ether oxygens (including phenoxy) is 2. The fourth-order valence-electron chi connectivity index (χ4n) is 3.11. The lowest BCUT2D eigenvalue weighted by molar-refractivity contribution is 0.0730. The molecule has 168 valence electrons. The van der Waals surface area contributed by atoms with Gasteiger partial charge in [0, 0.05) is 36.2 Å². The van der Waals surface area contributed by atoms with Crippen LogP contribution in [0.15, 0.2) is 47.4 Å². The number of sulfonamides is 1. The highest BCUT2D eigenvalue weighted by atomic mass is 35.5. The molecule has 2 aromatic rings. The van der Waals surface area contributed by atoms with Crippen molar-refractivity contribution in [1.82, 2.24) is 9.62 Å². The van der Waals surface area contributed by atoms with E-state index in [1.807, 2.05) is 24.3 Å². The fraction of sp³-hybridized carbons (Fsp3) is 0.381. The average Bonchev–Trinajstić information content (AvgIpc) is 2.79. The van der Waals surface area contributed by atoms with Crippen LogP contribution in [0.25, 0.3) is 0 Å². The Morgan fingerprint density at radius 2 is 2.00 bits per heavy atom. The number of rotatable bonds is 9. The van der Waals surface area contributed by atoms with E-state index in [0.717, 1.165) is 11.3 Å². The highest BCUT2D eigenvalue weighted by Gasteiger charge is 2.28. The number of nitrogens with zero attached hydrogens (tertiary/aromatic N) is 1. The molecule has 1 heterocycles. The first-order valence-corrected chi connectivity index (χ1v) is 12.8. The van der Waals surface area contributed by atoms with E-state index in [1.165, 1.54) is 29.6 Å². The van der Waals surface area contributed by atoms with Crippen molar-refractivity contribution in [3.05, 3.63) is 58.6 Å². The zero-order valence-electron chi connectivity index (χ0n) is 17.2. The monoisotopic (exact) mass is 484 g/mol. The second-order valence-corrected chi connectivity index (χ2v) is 10.3. The molecule has 1 amide bonds. The zero-order chi connectivity index (χ0) is 22.3. The van der Waals surface area contributed by atoms with Gasteiger partial charge in [0.25, 0.3) is 5.91 Å². The minimum absolute atomic E-state index is 0.0654. The highest BCUT2D eigenvalue weighted by molar-refractivity contribution is 7.98. The Labute approximate surface area is 192 Å². The van der Waals surface area contributed by atoms with Gasteiger partial charge < -0.3 is 14.8 Å². The second-order valence-electron chi connectivity index (χ2n) is 6.82. The summed E-state index contributed by atoms with van der Waals surface area (Å²) < 4.78 is 37.7. The molecule has 0 spiro atoms. The number of nitrogens with one attached hydrogen (secondary N) is 1. The van der Waals surface area contributed by atoms with Crippen LogP contribution < -0.4 is 10.1 Å². The summed E-state index contributed by atoms with van der Waals surface area (Å²) in [5.74, 6) is 1.43. The van der Waals surface area contributed by atoms with E-state index in [0.29, 0.717) is 49.4 Å². The maximum atomic E-state index is 12.9. The van der Waals surface area contributed by atoms with Crippen LogP contribution in [0.4, 0.5) is 0 Å². The molecule has 7 nitrogen and oxygen atoms in total. The summed E-state index contributed by atoms with van der Waals surface area (Å²) in [4.78, 5) is 12.8. The number of halogens is 1. The van der Waals surface area contributed by atoms with Gasteiger partial charge in [-0.15, -0.1) is 0 Å². The van der Waals surface area contributed by atoms with Crippen LogP contribution in [0.2, 0.25) is 5.02 Å². The maximum Gasteiger partial charge on any atom is 0.255 e. The molecule has 0 unspecified atom stereocenters. The number of morpholine rings is 1. The number of hydrogen-bond donors (Lipinski definition) is 1. The van der Waals surface area contributed by atoms with Crippen molar-refractivity contribution in [3.8, 4) is 5.75 Å². The van der Waals surface area contributed by atoms with E-state index in [2.05, 4.69) is 5.32 Å². The Morgan fingerprint density at radius 3 is 2.71 bits per heavy atom. The Hall–Kier alpha value is -1.78. The number of carbonyl (C=O) groups is 1. The van der Waals surface area contributed by atoms with Gasteiger partial charge in [0.2, 0.25) is 10.0 Å². The normalized spacial score (nSPS) is 14.9. The van der Waals surface area contributed by atoms with Crippen molar-refractivity contribution in [3.63, 3.8) is 0 Å². The quantitative estimate of drug-likeness (QED) is 0.551. The molecule has 0 atom stereocenters. The number of hydrogen-bond acceptors (Lipinski definition) is 6. The van der Waals surface area contributed by atoms with Crippen LogP contribution in [0, 0.1) is 0 Å². The lowest BCUT2D eigenvalue weighted by Crippen LogP contribution is -2.40. The third kappa shape index (κ3) is 6.36. The molecule has 0 aromatic heterocycles. The predicted octanol–water partition coefficient (Wildman–Crippen LogP) is 3.03. The van der Waals surface area contributed by atoms with Gasteiger partial charge in [-0.3, -0.25) is 4.79 Å². The molecule has 2 aromatic carbocycles. The first kappa shape index (κ1) is 23.9. The molecule has 1 aliphatic rings. The summed E-state index contributed by atoms with van der Waals surface area (Å²) in [5, 5.41) is 3.53. The summed E-state index contributed by atoms with van der Waals surface area (Å²) in [6.07, 6.45) is 0. The summed E-state index contributed by atoms with van der Waals surface area (Å²) >= 11 is 7.66. The standard InChI is InChI=1S/C21H25ClN2O5S2/c1-28-20-6-5-18(31(26,27)24-8-10-29-11-9-24)14-19(20)21(25)23-7-12-30-15-16-3-2-4-17(22)13-16/h2-6,13-14H,7-12,15H2,1H3,(H,23,25). The van der Waals surface area contributed by atoms with Crippen molar-refractivity contribution in [1.29, 1.82) is 0 Å².